The van der Waals surface area contributed by atoms with Gasteiger partial charge in [0.2, 0.25) is 10.6 Å². The maximum absolute atomic E-state index is 6.29. The summed E-state index contributed by atoms with van der Waals surface area (Å²) in [5.74, 6) is 1.21. The van der Waals surface area contributed by atoms with Gasteiger partial charge in [0.05, 0.1) is 0 Å². The van der Waals surface area contributed by atoms with Gasteiger partial charge < -0.3 is 9.80 Å². The van der Waals surface area contributed by atoms with E-state index >= 15 is 0 Å². The van der Waals surface area contributed by atoms with Crippen molar-refractivity contribution in [2.24, 2.45) is 0 Å². The van der Waals surface area contributed by atoms with Crippen molar-refractivity contribution in [2.45, 2.75) is 13.1 Å². The average molecular weight is 439 g/mol. The minimum atomic E-state index is 0.137. The summed E-state index contributed by atoms with van der Waals surface area (Å²) in [5.41, 5.74) is 3.41. The summed E-state index contributed by atoms with van der Waals surface area (Å²) in [6.45, 7) is 1.28. The van der Waals surface area contributed by atoms with Gasteiger partial charge in [0.15, 0.2) is 11.6 Å². The molecule has 0 saturated heterocycles. The first-order valence-electron chi connectivity index (χ1n) is 9.42. The summed E-state index contributed by atoms with van der Waals surface area (Å²) >= 11 is 12.6. The van der Waals surface area contributed by atoms with Crippen LogP contribution in [0.3, 0.4) is 0 Å². The second kappa shape index (κ2) is 8.81. The van der Waals surface area contributed by atoms with Crippen molar-refractivity contribution in [3.05, 3.63) is 82.4 Å². The molecule has 4 aromatic rings. The van der Waals surface area contributed by atoms with Crippen LogP contribution in [0.25, 0.3) is 11.0 Å². The molecule has 8 heteroatoms. The van der Waals surface area contributed by atoms with Crippen LogP contribution in [-0.2, 0) is 13.1 Å². The fraction of sp³-hybridized carbons (Fsp3) is 0.182. The molecule has 0 amide bonds. The van der Waals surface area contributed by atoms with Gasteiger partial charge in [0.1, 0.15) is 11.0 Å². The zero-order chi connectivity index (χ0) is 21.1. The van der Waals surface area contributed by atoms with E-state index in [1.165, 1.54) is 0 Å². The van der Waals surface area contributed by atoms with Gasteiger partial charge in [-0.25, -0.2) is 9.97 Å². The van der Waals surface area contributed by atoms with E-state index in [1.54, 1.807) is 0 Å². The van der Waals surface area contributed by atoms with Crippen molar-refractivity contribution in [3.63, 3.8) is 0 Å². The molecule has 0 saturated carbocycles. The highest BCUT2D eigenvalue weighted by Crippen LogP contribution is 2.31. The number of benzene rings is 2. The smallest absolute Gasteiger partial charge is 0.225 e. The van der Waals surface area contributed by atoms with Crippen LogP contribution in [0.4, 0.5) is 11.6 Å². The summed E-state index contributed by atoms with van der Waals surface area (Å²) in [4.78, 5) is 21.7. The molecule has 0 aliphatic rings. The molecule has 0 aliphatic heterocycles. The Morgan fingerprint density at radius 1 is 0.600 bits per heavy atom. The molecule has 30 heavy (non-hydrogen) atoms. The zero-order valence-corrected chi connectivity index (χ0v) is 18.1. The van der Waals surface area contributed by atoms with Crippen LogP contribution >= 0.6 is 23.2 Å². The van der Waals surface area contributed by atoms with E-state index in [1.807, 2.05) is 60.3 Å². The fourth-order valence-electron chi connectivity index (χ4n) is 3.33. The monoisotopic (exact) mass is 438 g/mol. The number of anilines is 2. The first-order chi connectivity index (χ1) is 14.5. The normalized spacial score (nSPS) is 10.9. The standard InChI is InChI=1S/C22H20Cl2N6/c1-29(13-15-9-5-3-6-10-15)19-17-18(26-21(23)27-19)20(28-22(24)25-17)30(2)14-16-11-7-4-8-12-16/h3-12H,13-14H2,1-2H3. The molecule has 0 aliphatic carbocycles. The molecule has 0 radical (unpaired) electrons. The highest BCUT2D eigenvalue weighted by Gasteiger charge is 2.20. The average Bonchev–Trinajstić information content (AvgIpc) is 2.74. The number of aromatic nitrogens is 4. The summed E-state index contributed by atoms with van der Waals surface area (Å²) in [6, 6.07) is 20.2. The predicted octanol–water partition coefficient (Wildman–Crippen LogP) is 5.00. The van der Waals surface area contributed by atoms with Crippen molar-refractivity contribution < 1.29 is 0 Å². The highest BCUT2D eigenvalue weighted by molar-refractivity contribution is 6.30. The SMILES string of the molecule is CN(Cc1ccccc1)c1nc(Cl)nc2c(N(C)Cc3ccccc3)nc(Cl)nc12. The number of nitrogens with zero attached hydrogens (tertiary/aromatic N) is 6. The lowest BCUT2D eigenvalue weighted by Gasteiger charge is -2.23. The molecular formula is C22H20Cl2N6. The van der Waals surface area contributed by atoms with Gasteiger partial charge >= 0.3 is 0 Å². The molecule has 0 N–H and O–H groups in total. The summed E-state index contributed by atoms with van der Waals surface area (Å²) in [5, 5.41) is 0.274. The van der Waals surface area contributed by atoms with Crippen LogP contribution in [0.5, 0.6) is 0 Å². The van der Waals surface area contributed by atoms with Crippen LogP contribution in [0, 0.1) is 0 Å². The predicted molar refractivity (Wildman–Crippen MR) is 122 cm³/mol. The van der Waals surface area contributed by atoms with E-state index < -0.39 is 0 Å². The van der Waals surface area contributed by atoms with Crippen LogP contribution in [0.15, 0.2) is 60.7 Å². The van der Waals surface area contributed by atoms with Gasteiger partial charge in [-0.1, -0.05) is 60.7 Å². The molecule has 2 aromatic carbocycles. The van der Waals surface area contributed by atoms with Crippen molar-refractivity contribution >= 4 is 45.9 Å². The number of rotatable bonds is 6. The van der Waals surface area contributed by atoms with Crippen LogP contribution in [0.2, 0.25) is 10.6 Å². The van der Waals surface area contributed by atoms with Gasteiger partial charge in [-0.15, -0.1) is 0 Å². The van der Waals surface area contributed by atoms with Gasteiger partial charge in [-0.2, -0.15) is 9.97 Å². The molecule has 0 unspecified atom stereocenters. The lowest BCUT2D eigenvalue weighted by molar-refractivity contribution is 0.883. The lowest BCUT2D eigenvalue weighted by atomic mass is 10.2. The number of hydrogen-bond donors (Lipinski definition) is 0. The Kier molecular flexibility index (Phi) is 5.97. The Labute approximate surface area is 185 Å². The molecule has 152 valence electrons. The summed E-state index contributed by atoms with van der Waals surface area (Å²) in [6.07, 6.45) is 0. The number of hydrogen-bond acceptors (Lipinski definition) is 6. The van der Waals surface area contributed by atoms with Gasteiger partial charge in [-0.3, -0.25) is 0 Å². The van der Waals surface area contributed by atoms with E-state index in [4.69, 9.17) is 23.2 Å². The van der Waals surface area contributed by atoms with Crippen molar-refractivity contribution in [2.75, 3.05) is 23.9 Å². The van der Waals surface area contributed by atoms with Crippen molar-refractivity contribution in [1.29, 1.82) is 0 Å². The van der Waals surface area contributed by atoms with Crippen LogP contribution < -0.4 is 9.80 Å². The topological polar surface area (TPSA) is 58.0 Å². The molecule has 2 aromatic heterocycles. The molecule has 0 fully saturated rings. The van der Waals surface area contributed by atoms with Gasteiger partial charge in [-0.05, 0) is 34.3 Å². The van der Waals surface area contributed by atoms with Gasteiger partial charge in [0.25, 0.3) is 0 Å². The van der Waals surface area contributed by atoms with E-state index in [0.29, 0.717) is 35.8 Å². The van der Waals surface area contributed by atoms with Crippen molar-refractivity contribution in [3.8, 4) is 0 Å². The Morgan fingerprint density at radius 3 is 1.33 bits per heavy atom. The first-order valence-corrected chi connectivity index (χ1v) is 10.2. The van der Waals surface area contributed by atoms with Crippen LogP contribution in [-0.4, -0.2) is 34.0 Å². The fourth-order valence-corrected chi connectivity index (χ4v) is 3.66. The van der Waals surface area contributed by atoms with E-state index in [9.17, 15) is 0 Å². The number of halogens is 2. The second-order valence-corrected chi connectivity index (χ2v) is 7.69. The zero-order valence-electron chi connectivity index (χ0n) is 16.6. The van der Waals surface area contributed by atoms with Crippen LogP contribution in [0.1, 0.15) is 11.1 Å². The third-order valence-electron chi connectivity index (χ3n) is 4.70. The minimum Gasteiger partial charge on any atom is -0.353 e. The third kappa shape index (κ3) is 4.45. The first kappa shape index (κ1) is 20.3. The molecule has 6 nitrogen and oxygen atoms in total. The Morgan fingerprint density at radius 2 is 0.967 bits per heavy atom. The quantitative estimate of drug-likeness (QED) is 0.394. The van der Waals surface area contributed by atoms with E-state index in [2.05, 4.69) is 44.2 Å². The molecule has 4 rings (SSSR count). The molecule has 0 bridgehead atoms. The van der Waals surface area contributed by atoms with Crippen molar-refractivity contribution in [1.82, 2.24) is 19.9 Å². The maximum Gasteiger partial charge on any atom is 0.225 e. The van der Waals surface area contributed by atoms with Gasteiger partial charge in [0, 0.05) is 27.2 Å². The Balaban J connectivity index is 1.76. The summed E-state index contributed by atoms with van der Waals surface area (Å²) < 4.78 is 0. The summed E-state index contributed by atoms with van der Waals surface area (Å²) in [7, 11) is 3.88. The molecular weight excluding hydrogens is 419 g/mol. The second-order valence-electron chi connectivity index (χ2n) is 7.01. The third-order valence-corrected chi connectivity index (χ3v) is 5.04. The largest absolute Gasteiger partial charge is 0.353 e. The lowest BCUT2D eigenvalue weighted by Crippen LogP contribution is -2.21. The minimum absolute atomic E-state index is 0.137. The Bertz CT molecular complexity index is 1060. The molecule has 0 atom stereocenters. The molecule has 2 heterocycles. The van der Waals surface area contributed by atoms with E-state index in [-0.39, 0.29) is 10.6 Å². The molecule has 0 spiro atoms. The highest BCUT2D eigenvalue weighted by atomic mass is 35.5. The Hall–Kier alpha value is -2.96. The number of fused-ring (bicyclic) bond motifs is 1. The maximum atomic E-state index is 6.29. The van der Waals surface area contributed by atoms with E-state index in [0.717, 1.165) is 11.1 Å².